The number of methoxy groups -OCH3 is 1. The summed E-state index contributed by atoms with van der Waals surface area (Å²) in [6.07, 6.45) is 1.55. The molecule has 0 bridgehead atoms. The molecule has 9 heteroatoms. The van der Waals surface area contributed by atoms with Crippen LogP contribution < -0.4 is 5.32 Å². The second-order valence-corrected chi connectivity index (χ2v) is 6.39. The number of hydrogen-bond acceptors (Lipinski definition) is 6. The van der Waals surface area contributed by atoms with Crippen molar-refractivity contribution in [3.05, 3.63) is 70.8 Å². The first-order valence-electron chi connectivity index (χ1n) is 8.29. The van der Waals surface area contributed by atoms with Crippen LogP contribution in [0.15, 0.2) is 54.4 Å². The number of esters is 1. The van der Waals surface area contributed by atoms with Crippen LogP contribution in [-0.2, 0) is 9.53 Å². The van der Waals surface area contributed by atoms with Crippen molar-refractivity contribution in [2.24, 2.45) is 0 Å². The second-order valence-electron chi connectivity index (χ2n) is 6.00. The summed E-state index contributed by atoms with van der Waals surface area (Å²) in [5.41, 5.74) is 1.75. The average molecular weight is 400 g/mol. The topological polar surface area (TPSA) is 88.8 Å². The summed E-state index contributed by atoms with van der Waals surface area (Å²) in [7, 11) is 4.71. The Morgan fingerprint density at radius 2 is 1.86 bits per heavy atom. The first-order valence-corrected chi connectivity index (χ1v) is 8.67. The van der Waals surface area contributed by atoms with E-state index in [9.17, 15) is 9.59 Å². The molecule has 8 nitrogen and oxygen atoms in total. The number of amides is 1. The normalized spacial score (nSPS) is 11.7. The number of hydrogen-bond donors (Lipinski definition) is 1. The highest BCUT2D eigenvalue weighted by atomic mass is 35.5. The van der Waals surface area contributed by atoms with E-state index in [1.807, 2.05) is 0 Å². The molecule has 0 aliphatic heterocycles. The van der Waals surface area contributed by atoms with Crippen molar-refractivity contribution in [1.29, 1.82) is 0 Å². The van der Waals surface area contributed by atoms with Crippen molar-refractivity contribution in [3.8, 4) is 0 Å². The Bertz CT molecular complexity index is 1060. The Kier molecular flexibility index (Phi) is 5.60. The van der Waals surface area contributed by atoms with Crippen molar-refractivity contribution < 1.29 is 14.3 Å². The van der Waals surface area contributed by atoms with Gasteiger partial charge in [0.2, 0.25) is 0 Å². The maximum atomic E-state index is 12.7. The van der Waals surface area contributed by atoms with Crippen molar-refractivity contribution in [2.75, 3.05) is 21.2 Å². The molecule has 0 saturated heterocycles. The Balaban J connectivity index is 2.17. The number of aromatic nitrogens is 3. The lowest BCUT2D eigenvalue weighted by molar-refractivity contribution is -0.136. The monoisotopic (exact) mass is 399 g/mol. The summed E-state index contributed by atoms with van der Waals surface area (Å²) in [4.78, 5) is 31.1. The van der Waals surface area contributed by atoms with E-state index in [2.05, 4.69) is 15.4 Å². The molecule has 0 aliphatic rings. The fraction of sp³-hybridized carbons (Fsp3) is 0.158. The van der Waals surface area contributed by atoms with Crippen molar-refractivity contribution in [3.63, 3.8) is 0 Å². The van der Waals surface area contributed by atoms with Gasteiger partial charge in [-0.15, -0.1) is 0 Å². The van der Waals surface area contributed by atoms with E-state index in [0.29, 0.717) is 22.6 Å². The quantitative estimate of drug-likeness (QED) is 0.522. The Hall–Kier alpha value is -3.39. The highest BCUT2D eigenvalue weighted by molar-refractivity contribution is 6.29. The molecule has 1 N–H and O–H groups in total. The molecule has 0 spiro atoms. The number of fused-ring (bicyclic) bond motifs is 1. The van der Waals surface area contributed by atoms with Gasteiger partial charge in [-0.05, 0) is 24.3 Å². The summed E-state index contributed by atoms with van der Waals surface area (Å²) in [5, 5.41) is 7.16. The number of nitrogens with zero attached hydrogens (tertiary/aromatic N) is 4. The van der Waals surface area contributed by atoms with E-state index >= 15 is 0 Å². The van der Waals surface area contributed by atoms with Gasteiger partial charge in [-0.2, -0.15) is 5.10 Å². The SMILES string of the molecule is COC(=O)/C(NC(=O)c1ccccc1)=C(\c1cnc2ccc(Cl)nn12)N(C)C. The first-order chi connectivity index (χ1) is 13.4. The maximum absolute atomic E-state index is 12.7. The number of carbonyl (C=O) groups is 2. The lowest BCUT2D eigenvalue weighted by atomic mass is 10.2. The van der Waals surface area contributed by atoms with Crippen LogP contribution in [0.5, 0.6) is 0 Å². The summed E-state index contributed by atoms with van der Waals surface area (Å²) in [5.74, 6) is -1.15. The summed E-state index contributed by atoms with van der Waals surface area (Å²) < 4.78 is 6.40. The summed E-state index contributed by atoms with van der Waals surface area (Å²) in [6.45, 7) is 0. The minimum Gasteiger partial charge on any atom is -0.464 e. The molecule has 0 radical (unpaired) electrons. The molecule has 1 aromatic carbocycles. The number of ether oxygens (including phenoxy) is 1. The van der Waals surface area contributed by atoms with Crippen molar-refractivity contribution in [1.82, 2.24) is 24.8 Å². The predicted molar refractivity (Wildman–Crippen MR) is 105 cm³/mol. The predicted octanol–water partition coefficient (Wildman–Crippen LogP) is 2.22. The smallest absolute Gasteiger partial charge is 0.356 e. The molecular weight excluding hydrogens is 382 g/mol. The average Bonchev–Trinajstić information content (AvgIpc) is 3.09. The highest BCUT2D eigenvalue weighted by Gasteiger charge is 2.25. The number of benzene rings is 1. The standard InChI is InChI=1S/C19H18ClN5O3/c1-24(2)17(13-11-21-15-10-9-14(20)23-25(13)15)16(19(27)28-3)22-18(26)12-7-5-4-6-8-12/h4-11H,1-3H3,(H,22,26)/b17-16-. The molecule has 0 saturated carbocycles. The molecule has 0 fully saturated rings. The van der Waals surface area contributed by atoms with Crippen molar-refractivity contribution in [2.45, 2.75) is 0 Å². The van der Waals surface area contributed by atoms with Crippen LogP contribution in [0, 0.1) is 0 Å². The van der Waals surface area contributed by atoms with Gasteiger partial charge in [0.05, 0.1) is 19.0 Å². The van der Waals surface area contributed by atoms with Gasteiger partial charge >= 0.3 is 5.97 Å². The zero-order chi connectivity index (χ0) is 20.3. The molecule has 3 rings (SSSR count). The van der Waals surface area contributed by atoms with E-state index in [4.69, 9.17) is 16.3 Å². The minimum absolute atomic E-state index is 0.0371. The number of nitrogens with one attached hydrogen (secondary N) is 1. The van der Waals surface area contributed by atoms with Crippen LogP contribution in [-0.4, -0.2) is 52.6 Å². The number of carbonyl (C=O) groups excluding carboxylic acids is 2. The van der Waals surface area contributed by atoms with Gasteiger partial charge in [-0.3, -0.25) is 4.79 Å². The Morgan fingerprint density at radius 1 is 1.14 bits per heavy atom. The van der Waals surface area contributed by atoms with Gasteiger partial charge in [-0.1, -0.05) is 29.8 Å². The molecule has 3 aromatic rings. The molecule has 0 unspecified atom stereocenters. The third-order valence-electron chi connectivity index (χ3n) is 3.92. The number of imidazole rings is 1. The third-order valence-corrected chi connectivity index (χ3v) is 4.12. The van der Waals surface area contributed by atoms with Crippen molar-refractivity contribution >= 4 is 34.8 Å². The first kappa shape index (κ1) is 19.4. The lowest BCUT2D eigenvalue weighted by Crippen LogP contribution is -2.32. The molecular formula is C19H18ClN5O3. The van der Waals surface area contributed by atoms with E-state index in [0.717, 1.165) is 0 Å². The molecule has 0 aliphatic carbocycles. The summed E-state index contributed by atoms with van der Waals surface area (Å²) in [6, 6.07) is 11.9. The van der Waals surface area contributed by atoms with Crippen LogP contribution in [0.1, 0.15) is 16.1 Å². The van der Waals surface area contributed by atoms with Gasteiger partial charge in [0.15, 0.2) is 11.3 Å². The number of halogens is 1. The van der Waals surface area contributed by atoms with Crippen LogP contribution in [0.2, 0.25) is 5.15 Å². The zero-order valence-electron chi connectivity index (χ0n) is 15.5. The van der Waals surface area contributed by atoms with Gasteiger partial charge < -0.3 is 15.0 Å². The summed E-state index contributed by atoms with van der Waals surface area (Å²) >= 11 is 6.01. The highest BCUT2D eigenvalue weighted by Crippen LogP contribution is 2.22. The maximum Gasteiger partial charge on any atom is 0.356 e. The van der Waals surface area contributed by atoms with Gasteiger partial charge in [0, 0.05) is 19.7 Å². The second kappa shape index (κ2) is 8.10. The van der Waals surface area contributed by atoms with E-state index in [1.165, 1.54) is 11.6 Å². The van der Waals surface area contributed by atoms with Crippen LogP contribution >= 0.6 is 11.6 Å². The van der Waals surface area contributed by atoms with Gasteiger partial charge in [0.1, 0.15) is 10.8 Å². The lowest BCUT2D eigenvalue weighted by Gasteiger charge is -2.21. The molecule has 0 atom stereocenters. The van der Waals surface area contributed by atoms with E-state index in [1.54, 1.807) is 67.7 Å². The van der Waals surface area contributed by atoms with Crippen LogP contribution in [0.3, 0.4) is 0 Å². The Labute approximate surface area is 166 Å². The minimum atomic E-state index is -0.704. The van der Waals surface area contributed by atoms with Crippen LogP contribution in [0.25, 0.3) is 11.3 Å². The third kappa shape index (κ3) is 3.81. The molecule has 2 aromatic heterocycles. The fourth-order valence-electron chi connectivity index (χ4n) is 2.68. The molecule has 2 heterocycles. The molecule has 144 valence electrons. The van der Waals surface area contributed by atoms with Gasteiger partial charge in [0.25, 0.3) is 5.91 Å². The van der Waals surface area contributed by atoms with E-state index < -0.39 is 11.9 Å². The number of rotatable bonds is 5. The molecule has 1 amide bonds. The fourth-order valence-corrected chi connectivity index (χ4v) is 2.82. The van der Waals surface area contributed by atoms with E-state index in [-0.39, 0.29) is 10.9 Å². The molecule has 28 heavy (non-hydrogen) atoms. The Morgan fingerprint density at radius 3 is 2.50 bits per heavy atom. The largest absolute Gasteiger partial charge is 0.464 e. The van der Waals surface area contributed by atoms with Crippen LogP contribution in [0.4, 0.5) is 0 Å². The zero-order valence-corrected chi connectivity index (χ0v) is 16.3. The van der Waals surface area contributed by atoms with Gasteiger partial charge in [-0.25, -0.2) is 14.3 Å².